The summed E-state index contributed by atoms with van der Waals surface area (Å²) < 4.78 is 42.5. The van der Waals surface area contributed by atoms with Gasteiger partial charge in [0, 0.05) is 13.1 Å². The van der Waals surface area contributed by atoms with Gasteiger partial charge in [-0.05, 0) is 46.2 Å². The Bertz CT molecular complexity index is 403. The van der Waals surface area contributed by atoms with Gasteiger partial charge in [-0.3, -0.25) is 9.89 Å². The minimum absolute atomic E-state index is 0.266. The van der Waals surface area contributed by atoms with Crippen LogP contribution in [0.1, 0.15) is 32.6 Å². The second-order valence-corrected chi connectivity index (χ2v) is 6.33. The number of hydrogen-bond donors (Lipinski definition) is 2. The number of fused-ring (bicyclic) bond motifs is 2. The highest BCUT2D eigenvalue weighted by atomic mass is 19.4. The van der Waals surface area contributed by atoms with Crippen molar-refractivity contribution in [2.75, 3.05) is 33.2 Å². The highest BCUT2D eigenvalue weighted by molar-refractivity contribution is 5.80. The van der Waals surface area contributed by atoms with Crippen LogP contribution in [-0.4, -0.2) is 68.5 Å². The molecule has 0 aromatic carbocycles. The van der Waals surface area contributed by atoms with Gasteiger partial charge in [0.25, 0.3) is 0 Å². The van der Waals surface area contributed by atoms with Gasteiger partial charge in [-0.1, -0.05) is 0 Å². The van der Waals surface area contributed by atoms with Crippen LogP contribution in [0, 0.1) is 0 Å². The molecule has 0 amide bonds. The van der Waals surface area contributed by atoms with Crippen molar-refractivity contribution in [2.45, 2.75) is 57.0 Å². The van der Waals surface area contributed by atoms with Crippen molar-refractivity contribution in [3.05, 3.63) is 0 Å². The molecule has 2 fully saturated rings. The largest absolute Gasteiger partial charge is 0.401 e. The van der Waals surface area contributed by atoms with Crippen molar-refractivity contribution in [3.63, 3.8) is 0 Å². The molecule has 23 heavy (non-hydrogen) atoms. The number of nitrogens with zero attached hydrogens (tertiary/aromatic N) is 2. The first kappa shape index (κ1) is 18.3. The summed E-state index contributed by atoms with van der Waals surface area (Å²) in [5.74, 6) is 0.729. The maximum Gasteiger partial charge on any atom is 0.401 e. The highest BCUT2D eigenvalue weighted by Gasteiger charge is 2.41. The number of halogens is 3. The molecular weight excluding hydrogens is 309 g/mol. The van der Waals surface area contributed by atoms with Gasteiger partial charge in [0.05, 0.1) is 24.8 Å². The fourth-order valence-electron chi connectivity index (χ4n) is 3.20. The number of rotatable bonds is 7. The van der Waals surface area contributed by atoms with Crippen molar-refractivity contribution in [2.24, 2.45) is 4.99 Å². The summed E-state index contributed by atoms with van der Waals surface area (Å²) in [6, 6.07) is 0.291. The predicted octanol–water partition coefficient (Wildman–Crippen LogP) is 1.75. The summed E-state index contributed by atoms with van der Waals surface area (Å²) in [5.41, 5.74) is 0. The molecule has 3 atom stereocenters. The van der Waals surface area contributed by atoms with E-state index < -0.39 is 12.7 Å². The van der Waals surface area contributed by atoms with Crippen molar-refractivity contribution >= 4 is 5.96 Å². The van der Waals surface area contributed by atoms with Crippen LogP contribution in [0.4, 0.5) is 13.2 Å². The van der Waals surface area contributed by atoms with Gasteiger partial charge in [-0.25, -0.2) is 0 Å². The second-order valence-electron chi connectivity index (χ2n) is 6.33. The summed E-state index contributed by atoms with van der Waals surface area (Å²) in [6.07, 6.45) is 0.320. The molecule has 3 unspecified atom stereocenters. The van der Waals surface area contributed by atoms with Crippen LogP contribution in [-0.2, 0) is 4.74 Å². The molecule has 2 aliphatic rings. The molecule has 2 aliphatic heterocycles. The number of nitrogens with one attached hydrogen (secondary N) is 2. The molecule has 2 heterocycles. The Labute approximate surface area is 135 Å². The van der Waals surface area contributed by atoms with Crippen LogP contribution in [0.15, 0.2) is 4.99 Å². The molecule has 2 saturated heterocycles. The molecule has 8 heteroatoms. The molecule has 5 nitrogen and oxygen atoms in total. The average molecular weight is 336 g/mol. The van der Waals surface area contributed by atoms with Gasteiger partial charge in [0.1, 0.15) is 0 Å². The standard InChI is InChI=1S/C15H27F3N4O/c1-3-19-14(21-12-9-11-5-6-13(12)23-11)20-7-4-8-22(2)10-15(16,17)18/h11-13H,3-10H2,1-2H3,(H2,19,20,21). The van der Waals surface area contributed by atoms with E-state index in [9.17, 15) is 13.2 Å². The molecule has 0 spiro atoms. The van der Waals surface area contributed by atoms with Crippen LogP contribution in [0.25, 0.3) is 0 Å². The molecule has 0 aromatic heterocycles. The fourth-order valence-corrected chi connectivity index (χ4v) is 3.20. The van der Waals surface area contributed by atoms with Crippen LogP contribution in [0.2, 0.25) is 0 Å². The second kappa shape index (κ2) is 8.19. The molecule has 0 radical (unpaired) electrons. The van der Waals surface area contributed by atoms with E-state index in [0.29, 0.717) is 31.7 Å². The summed E-state index contributed by atoms with van der Waals surface area (Å²) >= 11 is 0. The first-order chi connectivity index (χ1) is 10.9. The molecule has 0 aromatic rings. The number of alkyl halides is 3. The van der Waals surface area contributed by atoms with Crippen molar-refractivity contribution in [1.82, 2.24) is 15.5 Å². The lowest BCUT2D eigenvalue weighted by atomic mass is 9.96. The van der Waals surface area contributed by atoms with Crippen molar-refractivity contribution < 1.29 is 17.9 Å². The lowest BCUT2D eigenvalue weighted by Crippen LogP contribution is -2.47. The quantitative estimate of drug-likeness (QED) is 0.422. The Morgan fingerprint density at radius 2 is 2.13 bits per heavy atom. The van der Waals surface area contributed by atoms with Crippen LogP contribution in [0.3, 0.4) is 0 Å². The van der Waals surface area contributed by atoms with E-state index in [-0.39, 0.29) is 6.10 Å². The number of aliphatic imine (C=N–C) groups is 1. The maximum absolute atomic E-state index is 12.2. The molecule has 2 bridgehead atoms. The van der Waals surface area contributed by atoms with Crippen LogP contribution >= 0.6 is 0 Å². The molecule has 134 valence electrons. The third kappa shape index (κ3) is 6.18. The zero-order valence-corrected chi connectivity index (χ0v) is 13.8. The third-order valence-electron chi connectivity index (χ3n) is 4.19. The Balaban J connectivity index is 1.71. The van der Waals surface area contributed by atoms with E-state index in [0.717, 1.165) is 31.8 Å². The van der Waals surface area contributed by atoms with Crippen molar-refractivity contribution in [3.8, 4) is 0 Å². The number of guanidine groups is 1. The molecular formula is C15H27F3N4O. The first-order valence-electron chi connectivity index (χ1n) is 8.33. The Kier molecular flexibility index (Phi) is 6.52. The maximum atomic E-state index is 12.2. The SMILES string of the molecule is CCNC(=NCCCN(C)CC(F)(F)F)NC1CC2CCC1O2. The summed E-state index contributed by atoms with van der Waals surface area (Å²) in [5, 5.41) is 6.58. The predicted molar refractivity (Wildman–Crippen MR) is 83.6 cm³/mol. The lowest BCUT2D eigenvalue weighted by Gasteiger charge is -2.22. The minimum atomic E-state index is -4.14. The van der Waals surface area contributed by atoms with E-state index in [1.54, 1.807) is 0 Å². The smallest absolute Gasteiger partial charge is 0.373 e. The van der Waals surface area contributed by atoms with Gasteiger partial charge in [0.2, 0.25) is 0 Å². The Morgan fingerprint density at radius 1 is 1.35 bits per heavy atom. The van der Waals surface area contributed by atoms with Gasteiger partial charge in [-0.15, -0.1) is 0 Å². The molecule has 0 saturated carbocycles. The fraction of sp³-hybridized carbons (Fsp3) is 0.933. The van der Waals surface area contributed by atoms with E-state index in [1.807, 2.05) is 6.92 Å². The molecule has 2 rings (SSSR count). The number of ether oxygens (including phenoxy) is 1. The van der Waals surface area contributed by atoms with Crippen LogP contribution in [0.5, 0.6) is 0 Å². The Hall–Kier alpha value is -1.02. The minimum Gasteiger partial charge on any atom is -0.373 e. The summed E-state index contributed by atoms with van der Waals surface area (Å²) in [6.45, 7) is 2.74. The summed E-state index contributed by atoms with van der Waals surface area (Å²) in [4.78, 5) is 5.74. The van der Waals surface area contributed by atoms with E-state index in [4.69, 9.17) is 4.74 Å². The van der Waals surface area contributed by atoms with E-state index in [1.165, 1.54) is 11.9 Å². The highest BCUT2D eigenvalue weighted by Crippen LogP contribution is 2.34. The van der Waals surface area contributed by atoms with Gasteiger partial charge < -0.3 is 15.4 Å². The summed E-state index contributed by atoms with van der Waals surface area (Å²) in [7, 11) is 1.48. The average Bonchev–Trinajstić information content (AvgIpc) is 3.04. The normalized spacial score (nSPS) is 27.7. The third-order valence-corrected chi connectivity index (χ3v) is 4.19. The Morgan fingerprint density at radius 3 is 2.70 bits per heavy atom. The van der Waals surface area contributed by atoms with E-state index >= 15 is 0 Å². The van der Waals surface area contributed by atoms with Gasteiger partial charge >= 0.3 is 6.18 Å². The van der Waals surface area contributed by atoms with Gasteiger partial charge in [0.15, 0.2) is 5.96 Å². The molecule has 0 aliphatic carbocycles. The molecule has 2 N–H and O–H groups in total. The monoisotopic (exact) mass is 336 g/mol. The van der Waals surface area contributed by atoms with Gasteiger partial charge in [-0.2, -0.15) is 13.2 Å². The first-order valence-corrected chi connectivity index (χ1v) is 8.33. The zero-order chi connectivity index (χ0) is 16.9. The van der Waals surface area contributed by atoms with E-state index in [2.05, 4.69) is 15.6 Å². The number of hydrogen-bond acceptors (Lipinski definition) is 3. The van der Waals surface area contributed by atoms with Crippen LogP contribution < -0.4 is 10.6 Å². The zero-order valence-electron chi connectivity index (χ0n) is 13.8. The van der Waals surface area contributed by atoms with Crippen molar-refractivity contribution in [1.29, 1.82) is 0 Å². The lowest BCUT2D eigenvalue weighted by molar-refractivity contribution is -0.143. The topological polar surface area (TPSA) is 48.9 Å².